The first-order chi connectivity index (χ1) is 7.28. The summed E-state index contributed by atoms with van der Waals surface area (Å²) in [5.41, 5.74) is -0.316. The topological polar surface area (TPSA) is 23.5 Å². The van der Waals surface area contributed by atoms with Crippen molar-refractivity contribution in [3.63, 3.8) is 0 Å². The van der Waals surface area contributed by atoms with E-state index in [1.54, 1.807) is 0 Å². The van der Waals surface area contributed by atoms with Gasteiger partial charge in [0.1, 0.15) is 0 Å². The van der Waals surface area contributed by atoms with Gasteiger partial charge in [0.15, 0.2) is 0 Å². The number of nitrogens with zero attached hydrogens (tertiary/aromatic N) is 1. The lowest BCUT2D eigenvalue weighted by Crippen LogP contribution is -2.47. The fraction of sp³-hybridized carbons (Fsp3) is 1.00. The highest BCUT2D eigenvalue weighted by atomic mass is 16.3. The highest BCUT2D eigenvalue weighted by Crippen LogP contribution is 2.42. The van der Waals surface area contributed by atoms with Gasteiger partial charge in [-0.3, -0.25) is 4.90 Å². The third kappa shape index (κ3) is 1.94. The molecule has 2 unspecified atom stereocenters. The lowest BCUT2D eigenvalue weighted by atomic mass is 9.84. The zero-order valence-electron chi connectivity index (χ0n) is 9.62. The Labute approximate surface area is 92.7 Å². The van der Waals surface area contributed by atoms with E-state index in [2.05, 4.69) is 4.90 Å². The largest absolute Gasteiger partial charge is 0.388 e. The Morgan fingerprint density at radius 2 is 2.00 bits per heavy atom. The van der Waals surface area contributed by atoms with Crippen LogP contribution < -0.4 is 0 Å². The molecule has 0 amide bonds. The molecule has 0 bridgehead atoms. The molecule has 3 aliphatic rings. The fourth-order valence-electron chi connectivity index (χ4n) is 3.52. The molecular formula is C13H23NO. The van der Waals surface area contributed by atoms with Gasteiger partial charge in [-0.2, -0.15) is 0 Å². The standard InChI is InChI=1S/C13H23NO/c15-13(7-6-11-4-5-11)8-10-14-9-2-1-3-12(13)14/h11-12,15H,1-10H2. The van der Waals surface area contributed by atoms with E-state index in [4.69, 9.17) is 0 Å². The first-order valence-electron chi connectivity index (χ1n) is 6.74. The molecule has 2 heterocycles. The molecule has 0 aromatic heterocycles. The summed E-state index contributed by atoms with van der Waals surface area (Å²) < 4.78 is 0. The monoisotopic (exact) mass is 209 g/mol. The van der Waals surface area contributed by atoms with Crippen molar-refractivity contribution in [2.24, 2.45) is 5.92 Å². The summed E-state index contributed by atoms with van der Waals surface area (Å²) in [5.74, 6) is 0.965. The minimum atomic E-state index is -0.316. The summed E-state index contributed by atoms with van der Waals surface area (Å²) in [6, 6.07) is 0.505. The quantitative estimate of drug-likeness (QED) is 0.770. The van der Waals surface area contributed by atoms with Crippen LogP contribution in [0.2, 0.25) is 0 Å². The molecule has 2 heteroatoms. The van der Waals surface area contributed by atoms with Gasteiger partial charge in [0.25, 0.3) is 0 Å². The predicted molar refractivity (Wildman–Crippen MR) is 60.7 cm³/mol. The molecule has 2 nitrogen and oxygen atoms in total. The minimum absolute atomic E-state index is 0.316. The fourth-order valence-corrected chi connectivity index (χ4v) is 3.52. The van der Waals surface area contributed by atoms with Gasteiger partial charge in [0.2, 0.25) is 0 Å². The zero-order valence-corrected chi connectivity index (χ0v) is 9.62. The molecule has 2 atom stereocenters. The Morgan fingerprint density at radius 3 is 2.80 bits per heavy atom. The average Bonchev–Trinajstić information content (AvgIpc) is 3.03. The molecule has 2 aliphatic heterocycles. The molecule has 15 heavy (non-hydrogen) atoms. The number of piperidine rings is 1. The second kappa shape index (κ2) is 3.74. The van der Waals surface area contributed by atoms with Crippen molar-refractivity contribution in [1.82, 2.24) is 4.90 Å². The van der Waals surface area contributed by atoms with Crippen LogP contribution in [-0.4, -0.2) is 34.7 Å². The first-order valence-corrected chi connectivity index (χ1v) is 6.74. The summed E-state index contributed by atoms with van der Waals surface area (Å²) in [6.45, 7) is 2.38. The van der Waals surface area contributed by atoms with E-state index >= 15 is 0 Å². The van der Waals surface area contributed by atoms with E-state index in [9.17, 15) is 5.11 Å². The molecule has 1 aliphatic carbocycles. The molecule has 0 spiro atoms. The predicted octanol–water partition coefficient (Wildman–Crippen LogP) is 2.17. The molecule has 2 saturated heterocycles. The Hall–Kier alpha value is -0.0800. The molecule has 3 rings (SSSR count). The molecule has 1 saturated carbocycles. The van der Waals surface area contributed by atoms with Crippen molar-refractivity contribution in [1.29, 1.82) is 0 Å². The Balaban J connectivity index is 1.62. The smallest absolute Gasteiger partial charge is 0.0814 e. The van der Waals surface area contributed by atoms with Crippen molar-refractivity contribution in [3.05, 3.63) is 0 Å². The van der Waals surface area contributed by atoms with E-state index in [-0.39, 0.29) is 5.60 Å². The van der Waals surface area contributed by atoms with Crippen LogP contribution in [0.4, 0.5) is 0 Å². The Kier molecular flexibility index (Phi) is 2.52. The maximum absolute atomic E-state index is 10.7. The third-order valence-electron chi connectivity index (χ3n) is 4.75. The molecular weight excluding hydrogens is 186 g/mol. The second-order valence-electron chi connectivity index (χ2n) is 5.88. The molecule has 0 radical (unpaired) electrons. The average molecular weight is 209 g/mol. The maximum Gasteiger partial charge on any atom is 0.0814 e. The van der Waals surface area contributed by atoms with E-state index in [1.807, 2.05) is 0 Å². The van der Waals surface area contributed by atoms with Gasteiger partial charge in [0, 0.05) is 12.6 Å². The lowest BCUT2D eigenvalue weighted by molar-refractivity contribution is -0.0184. The van der Waals surface area contributed by atoms with Crippen LogP contribution in [0.5, 0.6) is 0 Å². The van der Waals surface area contributed by atoms with Crippen molar-refractivity contribution in [3.8, 4) is 0 Å². The van der Waals surface area contributed by atoms with Crippen molar-refractivity contribution in [2.45, 2.75) is 63.0 Å². The van der Waals surface area contributed by atoms with Crippen LogP contribution in [0.15, 0.2) is 0 Å². The van der Waals surface area contributed by atoms with E-state index in [0.29, 0.717) is 6.04 Å². The minimum Gasteiger partial charge on any atom is -0.388 e. The molecule has 0 aromatic rings. The van der Waals surface area contributed by atoms with Gasteiger partial charge in [-0.05, 0) is 44.6 Å². The molecule has 1 N–H and O–H groups in total. The summed E-state index contributed by atoms with van der Waals surface area (Å²) in [6.07, 6.45) is 10.1. The van der Waals surface area contributed by atoms with Gasteiger partial charge in [-0.15, -0.1) is 0 Å². The van der Waals surface area contributed by atoms with E-state index < -0.39 is 0 Å². The van der Waals surface area contributed by atoms with Crippen LogP contribution in [0.25, 0.3) is 0 Å². The van der Waals surface area contributed by atoms with Crippen LogP contribution in [0, 0.1) is 5.92 Å². The van der Waals surface area contributed by atoms with Crippen molar-refractivity contribution in [2.75, 3.05) is 13.1 Å². The number of hydrogen-bond acceptors (Lipinski definition) is 2. The lowest BCUT2D eigenvalue weighted by Gasteiger charge is -2.37. The van der Waals surface area contributed by atoms with Crippen LogP contribution >= 0.6 is 0 Å². The summed E-state index contributed by atoms with van der Waals surface area (Å²) in [5, 5.41) is 10.7. The maximum atomic E-state index is 10.7. The molecule has 0 aromatic carbocycles. The normalized spacial score (nSPS) is 41.8. The van der Waals surface area contributed by atoms with Gasteiger partial charge < -0.3 is 5.11 Å². The van der Waals surface area contributed by atoms with Gasteiger partial charge in [0.05, 0.1) is 5.60 Å². The van der Waals surface area contributed by atoms with Gasteiger partial charge >= 0.3 is 0 Å². The van der Waals surface area contributed by atoms with Crippen molar-refractivity contribution >= 4 is 0 Å². The number of hydrogen-bond donors (Lipinski definition) is 1. The Bertz CT molecular complexity index is 239. The summed E-state index contributed by atoms with van der Waals surface area (Å²) >= 11 is 0. The zero-order chi connectivity index (χ0) is 10.3. The van der Waals surface area contributed by atoms with Gasteiger partial charge in [-0.1, -0.05) is 19.3 Å². The highest BCUT2D eigenvalue weighted by molar-refractivity contribution is 5.01. The van der Waals surface area contributed by atoms with Crippen LogP contribution in [-0.2, 0) is 0 Å². The first kappa shape index (κ1) is 10.1. The number of aliphatic hydroxyl groups is 1. The summed E-state index contributed by atoms with van der Waals surface area (Å²) in [7, 11) is 0. The number of fused-ring (bicyclic) bond motifs is 1. The highest BCUT2D eigenvalue weighted by Gasteiger charge is 2.46. The van der Waals surface area contributed by atoms with Crippen LogP contribution in [0.3, 0.4) is 0 Å². The van der Waals surface area contributed by atoms with Gasteiger partial charge in [-0.25, -0.2) is 0 Å². The SMILES string of the molecule is OC1(CCC2CC2)CCN2CCCCC21. The van der Waals surface area contributed by atoms with Crippen LogP contribution in [0.1, 0.15) is 51.4 Å². The van der Waals surface area contributed by atoms with E-state index in [0.717, 1.165) is 25.3 Å². The Morgan fingerprint density at radius 1 is 1.13 bits per heavy atom. The third-order valence-corrected chi connectivity index (χ3v) is 4.75. The molecule has 3 fully saturated rings. The number of rotatable bonds is 3. The summed E-state index contributed by atoms with van der Waals surface area (Å²) in [4.78, 5) is 2.54. The molecule has 86 valence electrons. The second-order valence-corrected chi connectivity index (χ2v) is 5.88. The van der Waals surface area contributed by atoms with Crippen molar-refractivity contribution < 1.29 is 5.11 Å². The van der Waals surface area contributed by atoms with E-state index in [1.165, 1.54) is 45.1 Å².